The van der Waals surface area contributed by atoms with E-state index in [2.05, 4.69) is 0 Å². The second-order valence-corrected chi connectivity index (χ2v) is 3.07. The van der Waals surface area contributed by atoms with Crippen molar-refractivity contribution in [1.82, 2.24) is 0 Å². The van der Waals surface area contributed by atoms with Crippen LogP contribution in [0.25, 0.3) is 0 Å². The summed E-state index contributed by atoms with van der Waals surface area (Å²) in [5.41, 5.74) is 1.45. The molecule has 1 aliphatic rings. The molecule has 0 N–H and O–H groups in total. The van der Waals surface area contributed by atoms with Gasteiger partial charge in [0.05, 0.1) is 10.6 Å². The van der Waals surface area contributed by atoms with Crippen molar-refractivity contribution in [3.05, 3.63) is 33.8 Å². The van der Waals surface area contributed by atoms with Gasteiger partial charge in [0, 0.05) is 11.1 Å². The summed E-state index contributed by atoms with van der Waals surface area (Å²) >= 11 is 5.86. The molecule has 1 heterocycles. The van der Waals surface area contributed by atoms with Gasteiger partial charge in [-0.1, -0.05) is 11.6 Å². The monoisotopic (exact) mass is 196 g/mol. The fourth-order valence-electron chi connectivity index (χ4n) is 1.28. The maximum atomic E-state index is 11.0. The van der Waals surface area contributed by atoms with E-state index in [-0.39, 0.29) is 12.6 Å². The van der Waals surface area contributed by atoms with Crippen LogP contribution in [0.15, 0.2) is 12.1 Å². The highest BCUT2D eigenvalue weighted by Crippen LogP contribution is 2.29. The first kappa shape index (κ1) is 8.26. The van der Waals surface area contributed by atoms with E-state index in [9.17, 15) is 9.59 Å². The maximum Gasteiger partial charge on any atom is 0.338 e. The second kappa shape index (κ2) is 2.85. The third-order valence-corrected chi connectivity index (χ3v) is 2.41. The molecule has 0 unspecified atom stereocenters. The standard InChI is InChI=1S/C9H5ClO3/c10-8-5(3-11)1-2-6-7(8)4-13-9(6)12/h1-3H,4H2. The van der Waals surface area contributed by atoms with Gasteiger partial charge in [-0.3, -0.25) is 4.79 Å². The third kappa shape index (κ3) is 1.12. The quantitative estimate of drug-likeness (QED) is 0.508. The summed E-state index contributed by atoms with van der Waals surface area (Å²) in [4.78, 5) is 21.5. The Labute approximate surface area is 79.3 Å². The smallest absolute Gasteiger partial charge is 0.338 e. The Bertz CT molecular complexity index is 398. The van der Waals surface area contributed by atoms with E-state index in [1.807, 2.05) is 0 Å². The molecular formula is C9H5ClO3. The van der Waals surface area contributed by atoms with Gasteiger partial charge in [-0.2, -0.15) is 0 Å². The largest absolute Gasteiger partial charge is 0.457 e. The summed E-state index contributed by atoms with van der Waals surface area (Å²) in [7, 11) is 0. The van der Waals surface area contributed by atoms with E-state index in [0.717, 1.165) is 0 Å². The number of fused-ring (bicyclic) bond motifs is 1. The van der Waals surface area contributed by atoms with Crippen LogP contribution in [0.5, 0.6) is 0 Å². The molecule has 2 rings (SSSR count). The van der Waals surface area contributed by atoms with Gasteiger partial charge in [0.1, 0.15) is 6.61 Å². The summed E-state index contributed by atoms with van der Waals surface area (Å²) < 4.78 is 4.76. The highest BCUT2D eigenvalue weighted by atomic mass is 35.5. The summed E-state index contributed by atoms with van der Waals surface area (Å²) in [6.07, 6.45) is 0.658. The number of ether oxygens (including phenoxy) is 1. The van der Waals surface area contributed by atoms with Crippen LogP contribution in [-0.4, -0.2) is 12.3 Å². The Morgan fingerprint density at radius 2 is 2.23 bits per heavy atom. The highest BCUT2D eigenvalue weighted by molar-refractivity contribution is 6.34. The topological polar surface area (TPSA) is 43.4 Å². The molecule has 0 saturated heterocycles. The number of hydrogen-bond donors (Lipinski definition) is 0. The summed E-state index contributed by atoms with van der Waals surface area (Å²) in [6.45, 7) is 0.161. The van der Waals surface area contributed by atoms with Crippen molar-refractivity contribution in [3.8, 4) is 0 Å². The van der Waals surface area contributed by atoms with Crippen LogP contribution in [0, 0.1) is 0 Å². The highest BCUT2D eigenvalue weighted by Gasteiger charge is 2.24. The number of cyclic esters (lactones) is 1. The minimum atomic E-state index is -0.380. The van der Waals surface area contributed by atoms with Gasteiger partial charge >= 0.3 is 5.97 Å². The van der Waals surface area contributed by atoms with Crippen molar-refractivity contribution in [3.63, 3.8) is 0 Å². The van der Waals surface area contributed by atoms with E-state index in [4.69, 9.17) is 16.3 Å². The summed E-state index contributed by atoms with van der Waals surface area (Å²) in [5.74, 6) is -0.380. The summed E-state index contributed by atoms with van der Waals surface area (Å²) in [6, 6.07) is 3.07. The predicted octanol–water partition coefficient (Wildman–Crippen LogP) is 1.82. The third-order valence-electron chi connectivity index (χ3n) is 1.97. The lowest BCUT2D eigenvalue weighted by Crippen LogP contribution is -1.94. The van der Waals surface area contributed by atoms with Crippen molar-refractivity contribution < 1.29 is 14.3 Å². The first-order valence-corrected chi connectivity index (χ1v) is 4.05. The molecule has 3 nitrogen and oxygen atoms in total. The molecule has 0 amide bonds. The number of benzene rings is 1. The van der Waals surface area contributed by atoms with Crippen LogP contribution in [-0.2, 0) is 11.3 Å². The van der Waals surface area contributed by atoms with Gasteiger partial charge in [-0.05, 0) is 12.1 Å². The average Bonchev–Trinajstić information content (AvgIpc) is 2.50. The first-order valence-electron chi connectivity index (χ1n) is 3.67. The zero-order chi connectivity index (χ0) is 9.42. The van der Waals surface area contributed by atoms with Crippen molar-refractivity contribution in [2.45, 2.75) is 6.61 Å². The van der Waals surface area contributed by atoms with Crippen LogP contribution in [0.1, 0.15) is 26.3 Å². The molecule has 0 fully saturated rings. The Balaban J connectivity index is 2.66. The average molecular weight is 197 g/mol. The fraction of sp³-hybridized carbons (Fsp3) is 0.111. The molecule has 13 heavy (non-hydrogen) atoms. The Morgan fingerprint density at radius 1 is 1.46 bits per heavy atom. The molecule has 1 aliphatic heterocycles. The maximum absolute atomic E-state index is 11.0. The molecule has 0 spiro atoms. The SMILES string of the molecule is O=Cc1ccc2c(c1Cl)COC2=O. The predicted molar refractivity (Wildman–Crippen MR) is 46.0 cm³/mol. The van der Waals surface area contributed by atoms with Gasteiger partial charge in [0.15, 0.2) is 6.29 Å². The van der Waals surface area contributed by atoms with Crippen molar-refractivity contribution in [1.29, 1.82) is 0 Å². The molecule has 0 bridgehead atoms. The van der Waals surface area contributed by atoms with Crippen LogP contribution >= 0.6 is 11.6 Å². The number of halogens is 1. The normalized spacial score (nSPS) is 13.8. The Morgan fingerprint density at radius 3 is 2.92 bits per heavy atom. The van der Waals surface area contributed by atoms with E-state index in [0.29, 0.717) is 28.0 Å². The minimum absolute atomic E-state index is 0.161. The lowest BCUT2D eigenvalue weighted by atomic mass is 10.1. The van der Waals surface area contributed by atoms with Crippen LogP contribution in [0.4, 0.5) is 0 Å². The Kier molecular flexibility index (Phi) is 1.81. The van der Waals surface area contributed by atoms with Crippen LogP contribution < -0.4 is 0 Å². The van der Waals surface area contributed by atoms with Crippen molar-refractivity contribution in [2.75, 3.05) is 0 Å². The van der Waals surface area contributed by atoms with Gasteiger partial charge < -0.3 is 4.74 Å². The van der Waals surface area contributed by atoms with E-state index in [1.54, 1.807) is 6.07 Å². The van der Waals surface area contributed by atoms with Crippen molar-refractivity contribution in [2.24, 2.45) is 0 Å². The van der Waals surface area contributed by atoms with E-state index >= 15 is 0 Å². The number of carbonyl (C=O) groups excluding carboxylic acids is 2. The molecule has 0 aliphatic carbocycles. The molecule has 4 heteroatoms. The van der Waals surface area contributed by atoms with Crippen LogP contribution in [0.2, 0.25) is 5.02 Å². The number of esters is 1. The molecule has 0 saturated carbocycles. The van der Waals surface area contributed by atoms with E-state index in [1.165, 1.54) is 6.07 Å². The number of rotatable bonds is 1. The molecule has 0 atom stereocenters. The zero-order valence-electron chi connectivity index (χ0n) is 6.54. The molecule has 66 valence electrons. The van der Waals surface area contributed by atoms with Gasteiger partial charge in [0.2, 0.25) is 0 Å². The van der Waals surface area contributed by atoms with Gasteiger partial charge in [0.25, 0.3) is 0 Å². The number of aldehydes is 1. The van der Waals surface area contributed by atoms with Gasteiger partial charge in [-0.15, -0.1) is 0 Å². The van der Waals surface area contributed by atoms with E-state index < -0.39 is 0 Å². The first-order chi connectivity index (χ1) is 6.24. The molecule has 1 aromatic carbocycles. The Hall–Kier alpha value is -1.35. The van der Waals surface area contributed by atoms with Crippen molar-refractivity contribution >= 4 is 23.9 Å². The fourth-order valence-corrected chi connectivity index (χ4v) is 1.54. The van der Waals surface area contributed by atoms with Crippen LogP contribution in [0.3, 0.4) is 0 Å². The molecular weight excluding hydrogens is 192 g/mol. The molecule has 1 aromatic rings. The lowest BCUT2D eigenvalue weighted by molar-refractivity contribution is 0.0535. The minimum Gasteiger partial charge on any atom is -0.457 e. The second-order valence-electron chi connectivity index (χ2n) is 2.69. The molecule has 0 radical (unpaired) electrons. The number of carbonyl (C=O) groups is 2. The van der Waals surface area contributed by atoms with Gasteiger partial charge in [-0.25, -0.2) is 4.79 Å². The summed E-state index contributed by atoms with van der Waals surface area (Å²) in [5, 5.41) is 0.318. The lowest BCUT2D eigenvalue weighted by Gasteiger charge is -1.99. The number of hydrogen-bond acceptors (Lipinski definition) is 3. The zero-order valence-corrected chi connectivity index (χ0v) is 7.30. The molecule has 0 aromatic heterocycles.